The van der Waals surface area contributed by atoms with Crippen molar-refractivity contribution in [2.75, 3.05) is 13.7 Å². The molecule has 4 nitrogen and oxygen atoms in total. The Morgan fingerprint density at radius 3 is 2.80 bits per heavy atom. The highest BCUT2D eigenvalue weighted by Crippen LogP contribution is 2.31. The van der Waals surface area contributed by atoms with Gasteiger partial charge in [0.1, 0.15) is 6.33 Å². The third-order valence-electron chi connectivity index (χ3n) is 4.16. The van der Waals surface area contributed by atoms with Crippen molar-refractivity contribution < 1.29 is 4.74 Å². The van der Waals surface area contributed by atoms with Gasteiger partial charge in [-0.15, -0.1) is 0 Å². The van der Waals surface area contributed by atoms with Crippen LogP contribution < -0.4 is 10.1 Å². The molecule has 0 aliphatic heterocycles. The Hall–Kier alpha value is -1.16. The molecular formula is C16H27N3O. The zero-order valence-electron chi connectivity index (χ0n) is 12.8. The van der Waals surface area contributed by atoms with Gasteiger partial charge < -0.3 is 10.1 Å². The quantitative estimate of drug-likeness (QED) is 0.828. The van der Waals surface area contributed by atoms with E-state index in [1.807, 2.05) is 6.07 Å². The molecule has 1 aliphatic rings. The maximum Gasteiger partial charge on any atom is 0.216 e. The van der Waals surface area contributed by atoms with Gasteiger partial charge >= 0.3 is 0 Å². The normalized spacial score (nSPS) is 17.9. The van der Waals surface area contributed by atoms with Crippen LogP contribution in [-0.4, -0.2) is 23.6 Å². The van der Waals surface area contributed by atoms with Gasteiger partial charge in [0, 0.05) is 6.07 Å². The molecule has 0 saturated heterocycles. The maximum atomic E-state index is 5.22. The molecular weight excluding hydrogens is 250 g/mol. The summed E-state index contributed by atoms with van der Waals surface area (Å²) in [6.45, 7) is 3.23. The Morgan fingerprint density at radius 2 is 2.10 bits per heavy atom. The molecule has 1 aliphatic carbocycles. The number of aromatic nitrogens is 2. The number of hydrogen-bond acceptors (Lipinski definition) is 4. The fourth-order valence-corrected chi connectivity index (χ4v) is 3.04. The van der Waals surface area contributed by atoms with Gasteiger partial charge in [-0.05, 0) is 25.3 Å². The zero-order chi connectivity index (χ0) is 14.2. The van der Waals surface area contributed by atoms with Gasteiger partial charge in [0.05, 0.1) is 18.8 Å². The van der Waals surface area contributed by atoms with Gasteiger partial charge in [-0.25, -0.2) is 9.97 Å². The van der Waals surface area contributed by atoms with Crippen molar-refractivity contribution in [2.24, 2.45) is 5.92 Å². The minimum atomic E-state index is 0.329. The van der Waals surface area contributed by atoms with Crippen LogP contribution in [0.5, 0.6) is 5.88 Å². The topological polar surface area (TPSA) is 47.0 Å². The van der Waals surface area contributed by atoms with E-state index in [9.17, 15) is 0 Å². The Labute approximate surface area is 122 Å². The summed E-state index contributed by atoms with van der Waals surface area (Å²) in [4.78, 5) is 8.56. The van der Waals surface area contributed by atoms with Crippen molar-refractivity contribution in [3.63, 3.8) is 0 Å². The fourth-order valence-electron chi connectivity index (χ4n) is 3.04. The summed E-state index contributed by atoms with van der Waals surface area (Å²) in [6.07, 6.45) is 10.8. The molecule has 4 heteroatoms. The van der Waals surface area contributed by atoms with Gasteiger partial charge in [-0.1, -0.05) is 39.0 Å². The van der Waals surface area contributed by atoms with Gasteiger partial charge in [-0.3, -0.25) is 0 Å². The average molecular weight is 277 g/mol. The lowest BCUT2D eigenvalue weighted by Gasteiger charge is -2.27. The van der Waals surface area contributed by atoms with E-state index >= 15 is 0 Å². The lowest BCUT2D eigenvalue weighted by Crippen LogP contribution is -2.26. The number of ether oxygens (including phenoxy) is 1. The second-order valence-electron chi connectivity index (χ2n) is 5.73. The first-order valence-corrected chi connectivity index (χ1v) is 7.92. The third-order valence-corrected chi connectivity index (χ3v) is 4.16. The second kappa shape index (κ2) is 8.20. The maximum absolute atomic E-state index is 5.22. The fraction of sp³-hybridized carbons (Fsp3) is 0.750. The lowest BCUT2D eigenvalue weighted by atomic mass is 9.84. The van der Waals surface area contributed by atoms with E-state index in [-0.39, 0.29) is 0 Å². The number of nitrogens with one attached hydrogen (secondary N) is 1. The highest BCUT2D eigenvalue weighted by atomic mass is 16.5. The monoisotopic (exact) mass is 277 g/mol. The zero-order valence-corrected chi connectivity index (χ0v) is 12.8. The predicted octanol–water partition coefficient (Wildman–Crippen LogP) is 3.50. The van der Waals surface area contributed by atoms with Crippen LogP contribution >= 0.6 is 0 Å². The molecule has 1 fully saturated rings. The SMILES string of the molecule is CCCNC(CC1CCCCC1)c1cc(OC)ncn1. The molecule has 1 unspecified atom stereocenters. The lowest BCUT2D eigenvalue weighted by molar-refractivity contribution is 0.296. The molecule has 0 aromatic carbocycles. The largest absolute Gasteiger partial charge is 0.481 e. The summed E-state index contributed by atoms with van der Waals surface area (Å²) in [6, 6.07) is 2.30. The van der Waals surface area contributed by atoms with Crippen LogP contribution in [0, 0.1) is 5.92 Å². The molecule has 1 aromatic rings. The molecule has 0 amide bonds. The van der Waals surface area contributed by atoms with E-state index in [4.69, 9.17) is 4.74 Å². The van der Waals surface area contributed by atoms with Crippen molar-refractivity contribution in [1.82, 2.24) is 15.3 Å². The van der Waals surface area contributed by atoms with E-state index in [0.29, 0.717) is 11.9 Å². The van der Waals surface area contributed by atoms with Gasteiger partial charge in [-0.2, -0.15) is 0 Å². The van der Waals surface area contributed by atoms with Crippen molar-refractivity contribution in [1.29, 1.82) is 0 Å². The Kier molecular flexibility index (Phi) is 6.25. The van der Waals surface area contributed by atoms with E-state index < -0.39 is 0 Å². The first kappa shape index (κ1) is 15.2. The first-order valence-electron chi connectivity index (χ1n) is 7.92. The molecule has 0 radical (unpaired) electrons. The van der Waals surface area contributed by atoms with Crippen molar-refractivity contribution in [2.45, 2.75) is 57.9 Å². The highest BCUT2D eigenvalue weighted by Gasteiger charge is 2.21. The summed E-state index contributed by atoms with van der Waals surface area (Å²) in [5, 5.41) is 3.64. The van der Waals surface area contributed by atoms with E-state index in [1.165, 1.54) is 38.5 Å². The molecule has 0 bridgehead atoms. The van der Waals surface area contributed by atoms with Crippen LogP contribution in [0.4, 0.5) is 0 Å². The highest BCUT2D eigenvalue weighted by molar-refractivity contribution is 5.16. The number of hydrogen-bond donors (Lipinski definition) is 1. The molecule has 1 N–H and O–H groups in total. The van der Waals surface area contributed by atoms with Crippen LogP contribution in [0.1, 0.15) is 63.6 Å². The third kappa shape index (κ3) is 4.44. The summed E-state index contributed by atoms with van der Waals surface area (Å²) in [5.74, 6) is 1.49. The van der Waals surface area contributed by atoms with Crippen LogP contribution in [0.15, 0.2) is 12.4 Å². The second-order valence-corrected chi connectivity index (χ2v) is 5.73. The van der Waals surface area contributed by atoms with Crippen molar-refractivity contribution in [3.8, 4) is 5.88 Å². The van der Waals surface area contributed by atoms with E-state index in [2.05, 4.69) is 22.2 Å². The molecule has 1 saturated carbocycles. The minimum Gasteiger partial charge on any atom is -0.481 e. The van der Waals surface area contributed by atoms with Gasteiger partial charge in [0.25, 0.3) is 0 Å². The van der Waals surface area contributed by atoms with Gasteiger partial charge in [0.15, 0.2) is 0 Å². The van der Waals surface area contributed by atoms with Crippen LogP contribution in [0.2, 0.25) is 0 Å². The smallest absolute Gasteiger partial charge is 0.216 e. The minimum absolute atomic E-state index is 0.329. The van der Waals surface area contributed by atoms with Crippen molar-refractivity contribution in [3.05, 3.63) is 18.1 Å². The molecule has 1 aromatic heterocycles. The molecule has 1 atom stereocenters. The number of nitrogens with zero attached hydrogens (tertiary/aromatic N) is 2. The molecule has 20 heavy (non-hydrogen) atoms. The Balaban J connectivity index is 2.04. The van der Waals surface area contributed by atoms with E-state index in [1.54, 1.807) is 13.4 Å². The van der Waals surface area contributed by atoms with Crippen molar-refractivity contribution >= 4 is 0 Å². The molecule has 2 rings (SSSR count). The average Bonchev–Trinajstić information content (AvgIpc) is 2.52. The van der Waals surface area contributed by atoms with Crippen LogP contribution in [0.3, 0.4) is 0 Å². The summed E-state index contributed by atoms with van der Waals surface area (Å²) in [7, 11) is 1.65. The standard InChI is InChI=1S/C16H27N3O/c1-3-9-17-14(10-13-7-5-4-6-8-13)15-11-16(20-2)19-12-18-15/h11-14,17H,3-10H2,1-2H3. The van der Waals surface area contributed by atoms with Crippen LogP contribution in [-0.2, 0) is 0 Å². The number of rotatable bonds is 7. The van der Waals surface area contributed by atoms with Crippen LogP contribution in [0.25, 0.3) is 0 Å². The van der Waals surface area contributed by atoms with Gasteiger partial charge in [0.2, 0.25) is 5.88 Å². The first-order chi connectivity index (χ1) is 9.83. The Morgan fingerprint density at radius 1 is 1.30 bits per heavy atom. The predicted molar refractivity (Wildman–Crippen MR) is 80.8 cm³/mol. The summed E-state index contributed by atoms with van der Waals surface area (Å²) >= 11 is 0. The number of methoxy groups -OCH3 is 1. The van der Waals surface area contributed by atoms with E-state index in [0.717, 1.165) is 24.6 Å². The summed E-state index contributed by atoms with van der Waals surface area (Å²) < 4.78 is 5.22. The summed E-state index contributed by atoms with van der Waals surface area (Å²) in [5.41, 5.74) is 1.07. The Bertz CT molecular complexity index is 391. The molecule has 112 valence electrons. The molecule has 1 heterocycles. The molecule has 0 spiro atoms.